The Hall–Kier alpha value is -2.28. The lowest BCUT2D eigenvalue weighted by Crippen LogP contribution is -2.44. The van der Waals surface area contributed by atoms with Gasteiger partial charge in [-0.1, -0.05) is 39.3 Å². The summed E-state index contributed by atoms with van der Waals surface area (Å²) in [6, 6.07) is 0. The summed E-state index contributed by atoms with van der Waals surface area (Å²) in [5.74, 6) is -0.389. The monoisotopic (exact) mass is 448 g/mol. The van der Waals surface area contributed by atoms with E-state index in [1.165, 1.54) is 0 Å². The van der Waals surface area contributed by atoms with Gasteiger partial charge in [-0.3, -0.25) is 4.79 Å². The fourth-order valence-electron chi connectivity index (χ4n) is 3.46. The van der Waals surface area contributed by atoms with Gasteiger partial charge in [-0.25, -0.2) is 4.79 Å². The van der Waals surface area contributed by atoms with Crippen LogP contribution in [-0.4, -0.2) is 32.5 Å². The van der Waals surface area contributed by atoms with Gasteiger partial charge in [-0.2, -0.15) is 0 Å². The Labute approximate surface area is 186 Å². The lowest BCUT2D eigenvalue weighted by Gasteiger charge is -2.37. The molecule has 1 aliphatic rings. The number of benzene rings is 1. The van der Waals surface area contributed by atoms with Crippen LogP contribution in [0.2, 0.25) is 18.1 Å². The quantitative estimate of drug-likeness (QED) is 0.314. The number of carbonyl (C=O) groups excluding carboxylic acids is 1. The number of aliphatic carboxylic acids is 1. The van der Waals surface area contributed by atoms with Gasteiger partial charge in [0.05, 0.1) is 13.0 Å². The van der Waals surface area contributed by atoms with E-state index in [0.717, 1.165) is 22.3 Å². The molecule has 1 atom stereocenters. The molecule has 0 saturated heterocycles. The van der Waals surface area contributed by atoms with Crippen LogP contribution in [0.15, 0.2) is 11.6 Å². The van der Waals surface area contributed by atoms with Crippen LogP contribution in [0.5, 0.6) is 11.5 Å². The van der Waals surface area contributed by atoms with Crippen LogP contribution in [0, 0.1) is 12.8 Å². The van der Waals surface area contributed by atoms with Crippen LogP contribution < -0.4 is 9.16 Å². The molecule has 0 saturated carbocycles. The number of rotatable bonds is 8. The smallest absolute Gasteiger partial charge is 0.342 e. The van der Waals surface area contributed by atoms with Crippen molar-refractivity contribution in [3.05, 3.63) is 33.9 Å². The molecule has 0 fully saturated rings. The van der Waals surface area contributed by atoms with E-state index in [9.17, 15) is 14.7 Å². The van der Waals surface area contributed by atoms with Crippen molar-refractivity contribution < 1.29 is 28.6 Å². The summed E-state index contributed by atoms with van der Waals surface area (Å²) in [6.45, 7) is 16.5. The largest absolute Gasteiger partial charge is 0.543 e. The van der Waals surface area contributed by atoms with E-state index in [-0.39, 0.29) is 17.6 Å². The maximum absolute atomic E-state index is 12.7. The first-order valence-electron chi connectivity index (χ1n) is 10.7. The zero-order valence-corrected chi connectivity index (χ0v) is 21.3. The van der Waals surface area contributed by atoms with Gasteiger partial charge in [0.1, 0.15) is 23.7 Å². The molecule has 1 heterocycles. The lowest BCUT2D eigenvalue weighted by atomic mass is 9.94. The maximum atomic E-state index is 12.7. The van der Waals surface area contributed by atoms with E-state index >= 15 is 0 Å². The van der Waals surface area contributed by atoms with Crippen LogP contribution in [0.4, 0.5) is 0 Å². The van der Waals surface area contributed by atoms with E-state index in [1.54, 1.807) is 14.0 Å². The van der Waals surface area contributed by atoms with E-state index in [1.807, 2.05) is 19.9 Å². The summed E-state index contributed by atoms with van der Waals surface area (Å²) < 4.78 is 17.8. The van der Waals surface area contributed by atoms with Crippen LogP contribution >= 0.6 is 0 Å². The van der Waals surface area contributed by atoms with Gasteiger partial charge >= 0.3 is 11.9 Å². The van der Waals surface area contributed by atoms with Crippen molar-refractivity contribution in [3.63, 3.8) is 0 Å². The summed E-state index contributed by atoms with van der Waals surface area (Å²) in [5.41, 5.74) is 3.98. The van der Waals surface area contributed by atoms with E-state index < -0.39 is 20.2 Å². The number of esters is 1. The second-order valence-corrected chi connectivity index (χ2v) is 14.7. The molecular formula is C24H36O6Si. The number of cyclic esters (lactones) is 1. The van der Waals surface area contributed by atoms with Crippen molar-refractivity contribution in [2.24, 2.45) is 5.92 Å². The van der Waals surface area contributed by atoms with Crippen molar-refractivity contribution >= 4 is 20.3 Å². The minimum Gasteiger partial charge on any atom is -0.543 e. The minimum atomic E-state index is -2.26. The standard InChI is InChI=1S/C24H36O6Si/c1-14(12-15(2)22(25)26)10-11-17-20(28-7)16(3)18-13-29-23(27)19(18)21(17)30-31(8,9)24(4,5)6/h10,15H,11-13H2,1-9H3,(H,25,26)/b14-10+. The lowest BCUT2D eigenvalue weighted by molar-refractivity contribution is -0.141. The molecule has 1 aromatic rings. The maximum Gasteiger partial charge on any atom is 0.342 e. The summed E-state index contributed by atoms with van der Waals surface area (Å²) in [6.07, 6.45) is 2.94. The van der Waals surface area contributed by atoms with Crippen LogP contribution in [0.25, 0.3) is 0 Å². The first-order valence-corrected chi connectivity index (χ1v) is 13.6. The first kappa shape index (κ1) is 25.0. The number of carboxylic acids is 1. The molecule has 31 heavy (non-hydrogen) atoms. The minimum absolute atomic E-state index is 0.0551. The van der Waals surface area contributed by atoms with Crippen molar-refractivity contribution in [1.29, 1.82) is 0 Å². The number of allylic oxidation sites excluding steroid dienone is 2. The van der Waals surface area contributed by atoms with Crippen molar-refractivity contribution in [3.8, 4) is 11.5 Å². The highest BCUT2D eigenvalue weighted by molar-refractivity contribution is 6.74. The highest BCUT2D eigenvalue weighted by Gasteiger charge is 2.42. The summed E-state index contributed by atoms with van der Waals surface area (Å²) in [5, 5.41) is 9.15. The number of methoxy groups -OCH3 is 1. The number of carboxylic acid groups (broad SMARTS) is 1. The molecule has 172 valence electrons. The molecule has 7 heteroatoms. The fraction of sp³-hybridized carbons (Fsp3) is 0.583. The van der Waals surface area contributed by atoms with E-state index in [4.69, 9.17) is 13.9 Å². The van der Waals surface area contributed by atoms with Gasteiger partial charge < -0.3 is 19.0 Å². The van der Waals surface area contributed by atoms with Gasteiger partial charge in [-0.15, -0.1) is 0 Å². The van der Waals surface area contributed by atoms with Crippen molar-refractivity contribution in [2.45, 2.75) is 79.1 Å². The molecule has 6 nitrogen and oxygen atoms in total. The molecule has 1 N–H and O–H groups in total. The van der Waals surface area contributed by atoms with Gasteiger partial charge in [-0.05, 0) is 50.4 Å². The highest BCUT2D eigenvalue weighted by Crippen LogP contribution is 2.46. The van der Waals surface area contributed by atoms with Gasteiger partial charge in [0.15, 0.2) is 0 Å². The topological polar surface area (TPSA) is 82.1 Å². The normalized spacial score (nSPS) is 15.4. The second kappa shape index (κ2) is 9.07. The molecule has 1 aliphatic heterocycles. The first-order chi connectivity index (χ1) is 14.2. The average molecular weight is 449 g/mol. The highest BCUT2D eigenvalue weighted by atomic mass is 28.4. The van der Waals surface area contributed by atoms with Gasteiger partial charge in [0.2, 0.25) is 0 Å². The number of carbonyl (C=O) groups is 2. The number of hydrogen-bond acceptors (Lipinski definition) is 5. The Kier molecular flexibility index (Phi) is 7.31. The fourth-order valence-corrected chi connectivity index (χ4v) is 4.50. The van der Waals surface area contributed by atoms with Crippen molar-refractivity contribution in [1.82, 2.24) is 0 Å². The number of hydrogen-bond donors (Lipinski definition) is 1. The second-order valence-electron chi connectivity index (χ2n) is 9.96. The SMILES string of the molecule is COc1c(C)c2c(c(O[Si](C)(C)C(C)(C)C)c1C/C=C(\C)CC(C)C(=O)O)C(=O)OC2. The Morgan fingerprint density at radius 1 is 1.29 bits per heavy atom. The molecule has 0 aromatic heterocycles. The molecule has 0 bridgehead atoms. The molecule has 2 rings (SSSR count). The summed E-state index contributed by atoms with van der Waals surface area (Å²) in [4.78, 5) is 23.9. The molecule has 1 unspecified atom stereocenters. The summed E-state index contributed by atoms with van der Waals surface area (Å²) in [7, 11) is -0.642. The third-order valence-electron chi connectivity index (χ3n) is 6.49. The molecule has 0 spiro atoms. The third kappa shape index (κ3) is 5.14. The number of ether oxygens (including phenoxy) is 2. The zero-order valence-electron chi connectivity index (χ0n) is 20.3. The molecule has 1 aromatic carbocycles. The predicted octanol–water partition coefficient (Wildman–Crippen LogP) is 5.66. The van der Waals surface area contributed by atoms with Crippen molar-refractivity contribution in [2.75, 3.05) is 7.11 Å². The van der Waals surface area contributed by atoms with Crippen LogP contribution in [-0.2, 0) is 22.6 Å². The Morgan fingerprint density at radius 3 is 2.42 bits per heavy atom. The number of fused-ring (bicyclic) bond motifs is 1. The molecule has 0 aliphatic carbocycles. The molecule has 0 amide bonds. The Morgan fingerprint density at radius 2 is 1.90 bits per heavy atom. The van der Waals surface area contributed by atoms with Gasteiger partial charge in [0, 0.05) is 11.1 Å². The van der Waals surface area contributed by atoms with Crippen LogP contribution in [0.1, 0.15) is 68.1 Å². The summed E-state index contributed by atoms with van der Waals surface area (Å²) >= 11 is 0. The predicted molar refractivity (Wildman–Crippen MR) is 124 cm³/mol. The molecule has 0 radical (unpaired) electrons. The average Bonchev–Trinajstić information content (AvgIpc) is 3.03. The third-order valence-corrected chi connectivity index (χ3v) is 10.8. The molecular weight excluding hydrogens is 412 g/mol. The zero-order chi connectivity index (χ0) is 23.7. The van der Waals surface area contributed by atoms with E-state index in [2.05, 4.69) is 33.9 Å². The van der Waals surface area contributed by atoms with E-state index in [0.29, 0.717) is 29.9 Å². The van der Waals surface area contributed by atoms with Gasteiger partial charge in [0.25, 0.3) is 8.32 Å². The van der Waals surface area contributed by atoms with Crippen LogP contribution in [0.3, 0.4) is 0 Å². The Bertz CT molecular complexity index is 908. The Balaban J connectivity index is 2.63.